The van der Waals surface area contributed by atoms with Gasteiger partial charge >= 0.3 is 0 Å². The van der Waals surface area contributed by atoms with Gasteiger partial charge in [0.15, 0.2) is 0 Å². The van der Waals surface area contributed by atoms with Crippen LogP contribution >= 0.6 is 31.9 Å². The number of alkyl halides is 1. The number of benzene rings is 1. The van der Waals surface area contributed by atoms with Crippen LogP contribution in [-0.2, 0) is 11.9 Å². The average Bonchev–Trinajstić information content (AvgIpc) is 2.77. The monoisotopic (exact) mass is 365 g/mol. The first-order valence-electron chi connectivity index (χ1n) is 4.69. The lowest BCUT2D eigenvalue weighted by Gasteiger charge is -2.05. The highest BCUT2D eigenvalue weighted by Crippen LogP contribution is 2.22. The van der Waals surface area contributed by atoms with Crippen molar-refractivity contribution in [2.24, 2.45) is 0 Å². The maximum absolute atomic E-state index is 13.7. The largest absolute Gasteiger partial charge is 0.248 e. The highest BCUT2D eigenvalue weighted by atomic mass is 79.9. The first-order chi connectivity index (χ1) is 8.11. The van der Waals surface area contributed by atoms with Gasteiger partial charge in [-0.15, -0.1) is 5.10 Å². The Morgan fingerprint density at radius 3 is 2.71 bits per heavy atom. The van der Waals surface area contributed by atoms with Crippen LogP contribution in [0.1, 0.15) is 11.3 Å². The molecule has 1 heterocycles. The summed E-state index contributed by atoms with van der Waals surface area (Å²) in [7, 11) is 0. The van der Waals surface area contributed by atoms with Crippen molar-refractivity contribution < 1.29 is 8.78 Å². The van der Waals surface area contributed by atoms with E-state index in [4.69, 9.17) is 0 Å². The Morgan fingerprint density at radius 1 is 1.29 bits per heavy atom. The molecule has 0 spiro atoms. The van der Waals surface area contributed by atoms with Gasteiger partial charge in [-0.1, -0.05) is 21.1 Å². The van der Waals surface area contributed by atoms with Crippen molar-refractivity contribution >= 4 is 31.9 Å². The smallest absolute Gasteiger partial charge is 0.145 e. The molecule has 1 aromatic heterocycles. The van der Waals surface area contributed by atoms with Gasteiger partial charge < -0.3 is 0 Å². The maximum Gasteiger partial charge on any atom is 0.145 e. The molecular weight excluding hydrogens is 360 g/mol. The minimum Gasteiger partial charge on any atom is -0.248 e. The number of halogens is 4. The molecule has 17 heavy (non-hydrogen) atoms. The van der Waals surface area contributed by atoms with E-state index in [-0.39, 0.29) is 16.6 Å². The molecule has 0 N–H and O–H groups in total. The van der Waals surface area contributed by atoms with E-state index in [1.807, 2.05) is 0 Å². The van der Waals surface area contributed by atoms with Crippen LogP contribution in [0.25, 0.3) is 0 Å². The van der Waals surface area contributed by atoms with Gasteiger partial charge in [-0.25, -0.2) is 13.5 Å². The Bertz CT molecular complexity index is 542. The predicted octanol–water partition coefficient (Wildman–Crippen LogP) is 3.26. The molecule has 3 nitrogen and oxygen atoms in total. The second kappa shape index (κ2) is 5.22. The van der Waals surface area contributed by atoms with Gasteiger partial charge in [0.25, 0.3) is 0 Å². The fourth-order valence-corrected chi connectivity index (χ4v) is 1.98. The zero-order valence-electron chi connectivity index (χ0n) is 8.50. The molecule has 0 radical (unpaired) electrons. The van der Waals surface area contributed by atoms with Crippen molar-refractivity contribution in [3.63, 3.8) is 0 Å². The second-order valence-corrected chi connectivity index (χ2v) is 4.78. The first-order valence-corrected chi connectivity index (χ1v) is 6.60. The van der Waals surface area contributed by atoms with Crippen molar-refractivity contribution in [3.05, 3.63) is 45.7 Å². The van der Waals surface area contributed by atoms with Crippen LogP contribution < -0.4 is 0 Å². The van der Waals surface area contributed by atoms with Gasteiger partial charge in [-0.05, 0) is 28.1 Å². The van der Waals surface area contributed by atoms with Crippen LogP contribution in [0.15, 0.2) is 22.8 Å². The standard InChI is InChI=1S/C10H7Br2F2N3/c11-3-6-4-17(16-15-6)5-7-9(13)2-1-8(12)10(7)14/h1-2,4H,3,5H2. The molecule has 0 saturated heterocycles. The fourth-order valence-electron chi connectivity index (χ4n) is 1.35. The summed E-state index contributed by atoms with van der Waals surface area (Å²) in [5.41, 5.74) is 0.672. The predicted molar refractivity (Wildman–Crippen MR) is 65.8 cm³/mol. The van der Waals surface area contributed by atoms with Gasteiger partial charge in [0, 0.05) is 17.1 Å². The summed E-state index contributed by atoms with van der Waals surface area (Å²) in [4.78, 5) is 0. The summed E-state index contributed by atoms with van der Waals surface area (Å²) in [5, 5.41) is 8.16. The zero-order valence-corrected chi connectivity index (χ0v) is 11.7. The average molecular weight is 367 g/mol. The molecule has 0 saturated carbocycles. The Morgan fingerprint density at radius 2 is 2.06 bits per heavy atom. The highest BCUT2D eigenvalue weighted by Gasteiger charge is 2.13. The van der Waals surface area contributed by atoms with Crippen molar-refractivity contribution in [2.45, 2.75) is 11.9 Å². The fraction of sp³-hybridized carbons (Fsp3) is 0.200. The van der Waals surface area contributed by atoms with Crippen molar-refractivity contribution in [1.82, 2.24) is 15.0 Å². The normalized spacial score (nSPS) is 10.8. The number of nitrogens with zero attached hydrogens (tertiary/aromatic N) is 3. The lowest BCUT2D eigenvalue weighted by atomic mass is 10.2. The van der Waals surface area contributed by atoms with Crippen LogP contribution in [-0.4, -0.2) is 15.0 Å². The van der Waals surface area contributed by atoms with Gasteiger partial charge in [-0.2, -0.15) is 0 Å². The summed E-state index contributed by atoms with van der Waals surface area (Å²) in [5.74, 6) is -1.21. The summed E-state index contributed by atoms with van der Waals surface area (Å²) >= 11 is 6.24. The van der Waals surface area contributed by atoms with E-state index in [0.717, 1.165) is 0 Å². The Hall–Kier alpha value is -0.820. The highest BCUT2D eigenvalue weighted by molar-refractivity contribution is 9.10. The number of hydrogen-bond donors (Lipinski definition) is 0. The van der Waals surface area contributed by atoms with Gasteiger partial charge in [0.05, 0.1) is 16.7 Å². The quantitative estimate of drug-likeness (QED) is 0.616. The molecule has 7 heteroatoms. The van der Waals surface area contributed by atoms with Crippen molar-refractivity contribution in [1.29, 1.82) is 0 Å². The minimum absolute atomic E-state index is 0.0110. The summed E-state index contributed by atoms with van der Waals surface area (Å²) < 4.78 is 28.8. The molecule has 2 aromatic rings. The molecule has 0 aliphatic carbocycles. The van der Waals surface area contributed by atoms with E-state index in [0.29, 0.717) is 11.0 Å². The minimum atomic E-state index is -0.610. The van der Waals surface area contributed by atoms with E-state index in [1.54, 1.807) is 6.20 Å². The van der Waals surface area contributed by atoms with Crippen molar-refractivity contribution in [3.8, 4) is 0 Å². The van der Waals surface area contributed by atoms with Crippen LogP contribution in [0.5, 0.6) is 0 Å². The molecule has 0 unspecified atom stereocenters. The van der Waals surface area contributed by atoms with Crippen LogP contribution in [0.2, 0.25) is 0 Å². The number of rotatable bonds is 3. The third-order valence-corrected chi connectivity index (χ3v) is 3.37. The molecule has 2 rings (SSSR count). The molecule has 0 fully saturated rings. The topological polar surface area (TPSA) is 30.7 Å². The third kappa shape index (κ3) is 2.71. The van der Waals surface area contributed by atoms with E-state index in [1.165, 1.54) is 16.8 Å². The van der Waals surface area contributed by atoms with Crippen LogP contribution in [0, 0.1) is 11.6 Å². The van der Waals surface area contributed by atoms with Gasteiger partial charge in [0.2, 0.25) is 0 Å². The molecule has 1 aromatic carbocycles. The molecule has 0 aliphatic heterocycles. The molecule has 0 atom stereocenters. The van der Waals surface area contributed by atoms with Gasteiger partial charge in [-0.3, -0.25) is 0 Å². The zero-order chi connectivity index (χ0) is 12.4. The second-order valence-electron chi connectivity index (χ2n) is 3.36. The van der Waals surface area contributed by atoms with E-state index in [2.05, 4.69) is 42.2 Å². The molecule has 0 amide bonds. The number of hydrogen-bond acceptors (Lipinski definition) is 2. The third-order valence-electron chi connectivity index (χ3n) is 2.18. The lowest BCUT2D eigenvalue weighted by Crippen LogP contribution is -2.06. The Labute approximate surface area is 113 Å². The van der Waals surface area contributed by atoms with Crippen molar-refractivity contribution in [2.75, 3.05) is 0 Å². The SMILES string of the molecule is Fc1ccc(Br)c(F)c1Cn1cc(CBr)nn1. The maximum atomic E-state index is 13.7. The first kappa shape index (κ1) is 12.6. The van der Waals surface area contributed by atoms with Crippen LogP contribution in [0.4, 0.5) is 8.78 Å². The van der Waals surface area contributed by atoms with Gasteiger partial charge in [0.1, 0.15) is 11.6 Å². The molecular formula is C10H7Br2F2N3. The number of aromatic nitrogens is 3. The van der Waals surface area contributed by atoms with E-state index >= 15 is 0 Å². The molecule has 0 aliphatic rings. The van der Waals surface area contributed by atoms with E-state index in [9.17, 15) is 8.78 Å². The van der Waals surface area contributed by atoms with Crippen LogP contribution in [0.3, 0.4) is 0 Å². The Balaban J connectivity index is 2.32. The summed E-state index contributed by atoms with van der Waals surface area (Å²) in [6.07, 6.45) is 1.63. The summed E-state index contributed by atoms with van der Waals surface area (Å²) in [6.45, 7) is 0.0110. The lowest BCUT2D eigenvalue weighted by molar-refractivity contribution is 0.524. The Kier molecular flexibility index (Phi) is 3.88. The summed E-state index contributed by atoms with van der Waals surface area (Å²) in [6, 6.07) is 2.55. The molecule has 90 valence electrons. The van der Waals surface area contributed by atoms with E-state index < -0.39 is 11.6 Å². The molecule has 0 bridgehead atoms.